The zero-order valence-corrected chi connectivity index (χ0v) is 19.6. The third kappa shape index (κ3) is 5.08. The van der Waals surface area contributed by atoms with E-state index in [2.05, 4.69) is 10.1 Å². The number of alkyl halides is 1. The lowest BCUT2D eigenvalue weighted by atomic mass is 10.1. The molecule has 3 N–H and O–H groups in total. The Morgan fingerprint density at radius 3 is 1.97 bits per heavy atom. The van der Waals surface area contributed by atoms with E-state index in [0.717, 1.165) is 4.68 Å². The van der Waals surface area contributed by atoms with E-state index >= 15 is 0 Å². The van der Waals surface area contributed by atoms with E-state index in [-0.39, 0.29) is 17.0 Å². The molecule has 2 aromatic carbocycles. The highest BCUT2D eigenvalue weighted by atomic mass is 127. The van der Waals surface area contributed by atoms with Crippen LogP contribution in [-0.2, 0) is 14.2 Å². The highest BCUT2D eigenvalue weighted by Crippen LogP contribution is 2.37. The van der Waals surface area contributed by atoms with E-state index in [9.17, 15) is 19.5 Å². The number of hydrogen-bond acceptors (Lipinski definition) is 9. The Hall–Kier alpha value is -3.36. The summed E-state index contributed by atoms with van der Waals surface area (Å²) in [5, 5.41) is 14.3. The van der Waals surface area contributed by atoms with Gasteiger partial charge in [-0.2, -0.15) is 0 Å². The summed E-state index contributed by atoms with van der Waals surface area (Å²) in [7, 11) is 0. The van der Waals surface area contributed by atoms with Crippen LogP contribution in [0.3, 0.4) is 0 Å². The molecule has 1 aromatic heterocycles. The fraction of sp³-hybridized carbons (Fsp3) is 0.227. The minimum atomic E-state index is -1.24. The smallest absolute Gasteiger partial charge is 0.338 e. The molecule has 1 aliphatic heterocycles. The summed E-state index contributed by atoms with van der Waals surface area (Å²) in [5.41, 5.74) is 5.75. The predicted octanol–water partition coefficient (Wildman–Crippen LogP) is 1.48. The quantitative estimate of drug-likeness (QED) is 0.241. The van der Waals surface area contributed by atoms with Crippen LogP contribution in [0, 0.1) is 0 Å². The van der Waals surface area contributed by atoms with Crippen molar-refractivity contribution in [1.29, 1.82) is 0 Å². The van der Waals surface area contributed by atoms with Crippen LogP contribution in [0.25, 0.3) is 0 Å². The molecule has 1 aliphatic rings. The summed E-state index contributed by atoms with van der Waals surface area (Å²) in [6.07, 6.45) is -3.54. The van der Waals surface area contributed by atoms with Gasteiger partial charge in [-0.05, 0) is 46.9 Å². The summed E-state index contributed by atoms with van der Waals surface area (Å²) in [5.74, 6) is -2.56. The number of aromatic nitrogens is 3. The zero-order chi connectivity index (χ0) is 24.2. The molecular formula is C22H19IN4O7. The van der Waals surface area contributed by atoms with Crippen LogP contribution in [0.1, 0.15) is 37.6 Å². The van der Waals surface area contributed by atoms with Gasteiger partial charge in [-0.1, -0.05) is 36.4 Å². The number of aliphatic hydroxyl groups excluding tert-OH is 1. The maximum absolute atomic E-state index is 12.9. The third-order valence-electron chi connectivity index (χ3n) is 4.99. The van der Waals surface area contributed by atoms with E-state index in [0.29, 0.717) is 0 Å². The first-order valence-electron chi connectivity index (χ1n) is 10.1. The first kappa shape index (κ1) is 23.8. The number of benzene rings is 2. The molecule has 5 atom stereocenters. The standard InChI is InChI=1S/C22H19IN4O7/c23-17(28)15-14(33-21(30)12-7-3-1-4-8-12)16(34-22(31)13-9-5-2-6-10-13)20(32-15)27-11-25-19(26-27)18(24)29/h1-11,14-17,20,28H,(H2,24,29)/t14-,15+,16-,17?,20-/m1/s1. The van der Waals surface area contributed by atoms with Gasteiger partial charge in [0.15, 0.2) is 18.4 Å². The molecule has 1 saturated heterocycles. The number of nitrogens with two attached hydrogens (primary N) is 1. The third-order valence-corrected chi connectivity index (χ3v) is 5.70. The van der Waals surface area contributed by atoms with E-state index in [4.69, 9.17) is 19.9 Å². The van der Waals surface area contributed by atoms with Crippen LogP contribution in [0.2, 0.25) is 0 Å². The molecule has 34 heavy (non-hydrogen) atoms. The Balaban J connectivity index is 1.69. The van der Waals surface area contributed by atoms with Crippen molar-refractivity contribution in [3.8, 4) is 0 Å². The van der Waals surface area contributed by atoms with Gasteiger partial charge in [-0.25, -0.2) is 19.3 Å². The molecule has 11 nitrogen and oxygen atoms in total. The van der Waals surface area contributed by atoms with Crippen LogP contribution in [0.15, 0.2) is 67.0 Å². The lowest BCUT2D eigenvalue weighted by molar-refractivity contribution is -0.0674. The highest BCUT2D eigenvalue weighted by molar-refractivity contribution is 14.1. The van der Waals surface area contributed by atoms with Gasteiger partial charge in [0.2, 0.25) is 5.82 Å². The topological polar surface area (TPSA) is 156 Å². The first-order chi connectivity index (χ1) is 16.3. The van der Waals surface area contributed by atoms with Crippen LogP contribution >= 0.6 is 22.6 Å². The van der Waals surface area contributed by atoms with Crippen molar-refractivity contribution in [2.75, 3.05) is 0 Å². The molecule has 2 heterocycles. The summed E-state index contributed by atoms with van der Waals surface area (Å²) in [4.78, 5) is 41.0. The number of esters is 2. The van der Waals surface area contributed by atoms with Gasteiger partial charge in [0.1, 0.15) is 16.5 Å². The molecule has 0 saturated carbocycles. The van der Waals surface area contributed by atoms with Crippen molar-refractivity contribution in [2.45, 2.75) is 28.7 Å². The number of halogens is 1. The van der Waals surface area contributed by atoms with Gasteiger partial charge in [0.25, 0.3) is 5.91 Å². The predicted molar refractivity (Wildman–Crippen MR) is 124 cm³/mol. The molecule has 1 unspecified atom stereocenters. The number of carbonyl (C=O) groups excluding carboxylic acids is 3. The Labute approximate surface area is 207 Å². The molecule has 0 bridgehead atoms. The maximum Gasteiger partial charge on any atom is 0.338 e. The minimum absolute atomic E-state index is 0.254. The Bertz CT molecular complexity index is 1170. The van der Waals surface area contributed by atoms with E-state index in [1.807, 2.05) is 0 Å². The molecule has 0 aliphatic carbocycles. The van der Waals surface area contributed by atoms with Crippen LogP contribution in [-0.4, -0.2) is 60.1 Å². The number of nitrogens with zero attached hydrogens (tertiary/aromatic N) is 3. The molecule has 1 amide bonds. The van der Waals surface area contributed by atoms with E-state index < -0.39 is 46.5 Å². The van der Waals surface area contributed by atoms with E-state index in [1.54, 1.807) is 83.3 Å². The molecule has 4 rings (SSSR count). The Kier molecular flexibility index (Phi) is 7.19. The van der Waals surface area contributed by atoms with Gasteiger partial charge < -0.3 is 25.1 Å². The second kappa shape index (κ2) is 10.3. The normalized spacial score (nSPS) is 22.6. The number of aliphatic hydroxyl groups is 1. The summed E-state index contributed by atoms with van der Waals surface area (Å²) >= 11 is 1.70. The highest BCUT2D eigenvalue weighted by Gasteiger charge is 2.53. The van der Waals surface area contributed by atoms with Gasteiger partial charge >= 0.3 is 11.9 Å². The molecule has 1 fully saturated rings. The number of primary amides is 1. The van der Waals surface area contributed by atoms with Crippen molar-refractivity contribution in [3.05, 3.63) is 83.9 Å². The average molecular weight is 578 g/mol. The lowest BCUT2D eigenvalue weighted by Gasteiger charge is -2.24. The van der Waals surface area contributed by atoms with Crippen molar-refractivity contribution in [1.82, 2.24) is 14.8 Å². The maximum atomic E-state index is 12.9. The van der Waals surface area contributed by atoms with Crippen molar-refractivity contribution < 1.29 is 33.7 Å². The molecule has 3 aromatic rings. The average Bonchev–Trinajstić information content (AvgIpc) is 3.46. The van der Waals surface area contributed by atoms with Crippen LogP contribution < -0.4 is 5.73 Å². The number of hydrogen-bond donors (Lipinski definition) is 2. The molecular weight excluding hydrogens is 559 g/mol. The number of amides is 1. The molecule has 0 spiro atoms. The second-order valence-electron chi connectivity index (χ2n) is 7.25. The largest absolute Gasteiger partial charge is 0.452 e. The van der Waals surface area contributed by atoms with Gasteiger partial charge in [0.05, 0.1) is 11.1 Å². The Morgan fingerprint density at radius 1 is 0.971 bits per heavy atom. The molecule has 176 valence electrons. The fourth-order valence-electron chi connectivity index (χ4n) is 3.40. The molecule has 12 heteroatoms. The SMILES string of the molecule is NC(=O)c1ncn([C@@H]2O[C@H](C(O)I)[C@@H](OC(=O)c3ccccc3)[C@H]2OC(=O)c2ccccc2)n1. The van der Waals surface area contributed by atoms with Crippen LogP contribution in [0.4, 0.5) is 0 Å². The lowest BCUT2D eigenvalue weighted by Crippen LogP contribution is -2.42. The van der Waals surface area contributed by atoms with E-state index in [1.165, 1.54) is 6.33 Å². The number of rotatable bonds is 7. The van der Waals surface area contributed by atoms with Gasteiger partial charge in [-0.3, -0.25) is 4.79 Å². The summed E-state index contributed by atoms with van der Waals surface area (Å²) < 4.78 is 17.3. The Morgan fingerprint density at radius 2 is 1.50 bits per heavy atom. The monoisotopic (exact) mass is 578 g/mol. The van der Waals surface area contributed by atoms with Crippen molar-refractivity contribution >= 4 is 40.4 Å². The van der Waals surface area contributed by atoms with Crippen LogP contribution in [0.5, 0.6) is 0 Å². The number of ether oxygens (including phenoxy) is 3. The second-order valence-corrected chi connectivity index (χ2v) is 8.52. The minimum Gasteiger partial charge on any atom is -0.452 e. The summed E-state index contributed by atoms with van der Waals surface area (Å²) in [6.45, 7) is 0. The van der Waals surface area contributed by atoms with Gasteiger partial charge in [0, 0.05) is 0 Å². The summed E-state index contributed by atoms with van der Waals surface area (Å²) in [6, 6.07) is 16.4. The number of carbonyl (C=O) groups is 3. The zero-order valence-electron chi connectivity index (χ0n) is 17.4. The van der Waals surface area contributed by atoms with Crippen molar-refractivity contribution in [3.63, 3.8) is 0 Å². The van der Waals surface area contributed by atoms with Crippen molar-refractivity contribution in [2.24, 2.45) is 5.73 Å². The van der Waals surface area contributed by atoms with Gasteiger partial charge in [-0.15, -0.1) is 5.10 Å². The first-order valence-corrected chi connectivity index (χ1v) is 11.3. The molecule has 0 radical (unpaired) electrons. The fourth-order valence-corrected chi connectivity index (χ4v) is 3.98.